The molecule has 0 saturated carbocycles. The average molecular weight is 279 g/mol. The van der Waals surface area contributed by atoms with E-state index in [2.05, 4.69) is 29.4 Å². The van der Waals surface area contributed by atoms with E-state index in [1.807, 2.05) is 0 Å². The number of nitrogens with two attached hydrogens (primary N) is 1. The third kappa shape index (κ3) is 2.13. The van der Waals surface area contributed by atoms with Crippen molar-refractivity contribution < 1.29 is 19.1 Å². The zero-order valence-corrected chi connectivity index (χ0v) is 10.5. The maximum atomic E-state index is 11.7. The monoisotopic (exact) mass is 279 g/mol. The summed E-state index contributed by atoms with van der Waals surface area (Å²) in [6.07, 6.45) is 0. The van der Waals surface area contributed by atoms with Gasteiger partial charge in [-0.15, -0.1) is 0 Å². The van der Waals surface area contributed by atoms with Gasteiger partial charge >= 0.3 is 11.9 Å². The molecule has 0 aliphatic carbocycles. The molecule has 0 saturated heterocycles. The van der Waals surface area contributed by atoms with Crippen molar-refractivity contribution in [3.63, 3.8) is 0 Å². The molecule has 0 aromatic carbocycles. The lowest BCUT2D eigenvalue weighted by molar-refractivity contribution is 0.0545. The Morgan fingerprint density at radius 2 is 1.60 bits per heavy atom. The number of rotatable bonds is 2. The van der Waals surface area contributed by atoms with E-state index in [1.54, 1.807) is 0 Å². The Labute approximate surface area is 111 Å². The SMILES string of the molecule is COC(=O)c1nc2nc(N)[nH]c(=O)c2nc1C(=O)OC. The Hall–Kier alpha value is -3.04. The third-order valence-electron chi connectivity index (χ3n) is 2.32. The summed E-state index contributed by atoms with van der Waals surface area (Å²) in [6, 6.07) is 0. The predicted octanol–water partition coefficient (Wildman–Crippen LogP) is -1.13. The minimum absolute atomic E-state index is 0.181. The summed E-state index contributed by atoms with van der Waals surface area (Å²) < 4.78 is 8.96. The van der Waals surface area contributed by atoms with E-state index in [0.29, 0.717) is 0 Å². The Bertz CT molecular complexity index is 768. The molecule has 104 valence electrons. The van der Waals surface area contributed by atoms with Gasteiger partial charge < -0.3 is 15.2 Å². The number of ether oxygens (including phenoxy) is 2. The molecule has 2 aromatic rings. The fourth-order valence-electron chi connectivity index (χ4n) is 1.45. The molecule has 0 atom stereocenters. The maximum absolute atomic E-state index is 11.7. The van der Waals surface area contributed by atoms with Gasteiger partial charge in [-0.1, -0.05) is 0 Å². The lowest BCUT2D eigenvalue weighted by Gasteiger charge is -2.06. The first-order valence-electron chi connectivity index (χ1n) is 5.22. The molecule has 10 nitrogen and oxygen atoms in total. The Kier molecular flexibility index (Phi) is 3.29. The third-order valence-corrected chi connectivity index (χ3v) is 2.32. The second kappa shape index (κ2) is 4.91. The van der Waals surface area contributed by atoms with Gasteiger partial charge in [0.05, 0.1) is 14.2 Å². The minimum atomic E-state index is -0.934. The van der Waals surface area contributed by atoms with E-state index >= 15 is 0 Å². The van der Waals surface area contributed by atoms with Gasteiger partial charge in [0.15, 0.2) is 22.6 Å². The topological polar surface area (TPSA) is 150 Å². The number of nitrogens with one attached hydrogen (secondary N) is 1. The largest absolute Gasteiger partial charge is 0.464 e. The molecule has 2 aromatic heterocycles. The van der Waals surface area contributed by atoms with Crippen molar-refractivity contribution in [2.75, 3.05) is 20.0 Å². The number of hydrogen-bond acceptors (Lipinski definition) is 9. The van der Waals surface area contributed by atoms with Crippen molar-refractivity contribution in [2.24, 2.45) is 0 Å². The van der Waals surface area contributed by atoms with Crippen LogP contribution in [0.3, 0.4) is 0 Å². The fourth-order valence-corrected chi connectivity index (χ4v) is 1.45. The van der Waals surface area contributed by atoms with Crippen molar-refractivity contribution in [3.05, 3.63) is 21.7 Å². The van der Waals surface area contributed by atoms with E-state index in [4.69, 9.17) is 5.73 Å². The van der Waals surface area contributed by atoms with Crippen LogP contribution in [0.5, 0.6) is 0 Å². The van der Waals surface area contributed by atoms with Gasteiger partial charge in [0, 0.05) is 0 Å². The summed E-state index contributed by atoms with van der Waals surface area (Å²) in [7, 11) is 2.20. The maximum Gasteiger partial charge on any atom is 0.359 e. The lowest BCUT2D eigenvalue weighted by Crippen LogP contribution is -2.21. The van der Waals surface area contributed by atoms with E-state index < -0.39 is 28.9 Å². The van der Waals surface area contributed by atoms with Crippen LogP contribution in [-0.4, -0.2) is 46.1 Å². The molecular weight excluding hydrogens is 270 g/mol. The summed E-state index contributed by atoms with van der Waals surface area (Å²) in [5.74, 6) is -2.05. The molecule has 0 fully saturated rings. The highest BCUT2D eigenvalue weighted by Gasteiger charge is 2.24. The van der Waals surface area contributed by atoms with Crippen LogP contribution in [0, 0.1) is 0 Å². The smallest absolute Gasteiger partial charge is 0.359 e. The van der Waals surface area contributed by atoms with Crippen molar-refractivity contribution in [2.45, 2.75) is 0 Å². The average Bonchev–Trinajstić information content (AvgIpc) is 2.44. The summed E-state index contributed by atoms with van der Waals surface area (Å²) in [5, 5.41) is 0. The molecule has 0 radical (unpaired) electrons. The van der Waals surface area contributed by atoms with E-state index in [0.717, 1.165) is 14.2 Å². The quantitative estimate of drug-likeness (QED) is 0.650. The Morgan fingerprint density at radius 3 is 2.15 bits per heavy atom. The van der Waals surface area contributed by atoms with E-state index in [9.17, 15) is 14.4 Å². The van der Waals surface area contributed by atoms with E-state index in [1.165, 1.54) is 0 Å². The van der Waals surface area contributed by atoms with Gasteiger partial charge in [0.1, 0.15) is 0 Å². The number of nitrogen functional groups attached to an aromatic ring is 1. The molecule has 2 heterocycles. The van der Waals surface area contributed by atoms with Gasteiger partial charge in [-0.25, -0.2) is 19.6 Å². The summed E-state index contributed by atoms with van der Waals surface area (Å²) in [6.45, 7) is 0. The molecular formula is C10H9N5O5. The zero-order chi connectivity index (χ0) is 14.9. The molecule has 10 heteroatoms. The standard InChI is InChI=1S/C10H9N5O5/c1-19-8(17)3-4(9(18)20-2)13-6-5(12-3)7(16)15-10(11)14-6/h1-2H3,(H3,11,13,14,15,16). The normalized spacial score (nSPS) is 10.3. The van der Waals surface area contributed by atoms with Crippen LogP contribution < -0.4 is 11.3 Å². The number of H-pyrrole nitrogens is 1. The first kappa shape index (κ1) is 13.4. The number of carbonyl (C=O) groups excluding carboxylic acids is 2. The van der Waals surface area contributed by atoms with Crippen LogP contribution in [0.4, 0.5) is 5.95 Å². The first-order valence-corrected chi connectivity index (χ1v) is 5.22. The highest BCUT2D eigenvalue weighted by molar-refractivity contribution is 6.01. The molecule has 0 spiro atoms. The lowest BCUT2D eigenvalue weighted by atomic mass is 10.3. The highest BCUT2D eigenvalue weighted by Crippen LogP contribution is 2.11. The van der Waals surface area contributed by atoms with Gasteiger partial charge in [0.2, 0.25) is 5.95 Å². The molecule has 0 bridgehead atoms. The summed E-state index contributed by atoms with van der Waals surface area (Å²) >= 11 is 0. The van der Waals surface area contributed by atoms with Crippen LogP contribution in [0.2, 0.25) is 0 Å². The number of methoxy groups -OCH3 is 2. The van der Waals surface area contributed by atoms with Gasteiger partial charge in [0.25, 0.3) is 5.56 Å². The molecule has 3 N–H and O–H groups in total. The molecule has 0 unspecified atom stereocenters. The second-order valence-electron chi connectivity index (χ2n) is 3.53. The number of fused-ring (bicyclic) bond motifs is 1. The van der Waals surface area contributed by atoms with Gasteiger partial charge in [-0.05, 0) is 0 Å². The van der Waals surface area contributed by atoms with Crippen molar-refractivity contribution >= 4 is 29.1 Å². The zero-order valence-electron chi connectivity index (χ0n) is 10.5. The van der Waals surface area contributed by atoms with Crippen LogP contribution >= 0.6 is 0 Å². The fraction of sp³-hybridized carbons (Fsp3) is 0.200. The second-order valence-corrected chi connectivity index (χ2v) is 3.53. The molecule has 20 heavy (non-hydrogen) atoms. The van der Waals surface area contributed by atoms with E-state index in [-0.39, 0.29) is 17.1 Å². The molecule has 2 rings (SSSR count). The van der Waals surface area contributed by atoms with Gasteiger partial charge in [-0.2, -0.15) is 4.98 Å². The van der Waals surface area contributed by atoms with Crippen LogP contribution in [0.15, 0.2) is 4.79 Å². The number of aromatic amines is 1. The molecule has 0 aliphatic heterocycles. The van der Waals surface area contributed by atoms with Crippen molar-refractivity contribution in [1.29, 1.82) is 0 Å². The predicted molar refractivity (Wildman–Crippen MR) is 65.0 cm³/mol. The first-order chi connectivity index (χ1) is 9.47. The number of carbonyl (C=O) groups is 2. The van der Waals surface area contributed by atoms with Gasteiger partial charge in [-0.3, -0.25) is 9.78 Å². The minimum Gasteiger partial charge on any atom is -0.464 e. The van der Waals surface area contributed by atoms with Crippen LogP contribution in [-0.2, 0) is 9.47 Å². The Morgan fingerprint density at radius 1 is 1.05 bits per heavy atom. The number of anilines is 1. The number of nitrogens with zero attached hydrogens (tertiary/aromatic N) is 3. The number of hydrogen-bond donors (Lipinski definition) is 2. The number of esters is 2. The molecule has 0 amide bonds. The summed E-state index contributed by atoms with van der Waals surface area (Å²) in [4.78, 5) is 48.3. The Balaban J connectivity index is 2.85. The van der Waals surface area contributed by atoms with Crippen LogP contribution in [0.1, 0.15) is 21.0 Å². The molecule has 0 aliphatic rings. The number of aromatic nitrogens is 4. The van der Waals surface area contributed by atoms with Crippen molar-refractivity contribution in [3.8, 4) is 0 Å². The highest BCUT2D eigenvalue weighted by atomic mass is 16.5. The van der Waals surface area contributed by atoms with Crippen molar-refractivity contribution in [1.82, 2.24) is 19.9 Å². The van der Waals surface area contributed by atoms with Crippen LogP contribution in [0.25, 0.3) is 11.2 Å². The summed E-state index contributed by atoms with van der Waals surface area (Å²) in [5.41, 5.74) is 3.39.